The second-order valence-corrected chi connectivity index (χ2v) is 6.44. The molecule has 25 heavy (non-hydrogen) atoms. The first-order chi connectivity index (χ1) is 12.0. The molecule has 5 nitrogen and oxygen atoms in total. The first-order valence-corrected chi connectivity index (χ1v) is 8.58. The first-order valence-electron chi connectivity index (χ1n) is 8.20. The number of carbonyl (C=O) groups excluding carboxylic acids is 2. The number of carbonyl (C=O) groups is 2. The summed E-state index contributed by atoms with van der Waals surface area (Å²) in [4.78, 5) is 27.8. The summed E-state index contributed by atoms with van der Waals surface area (Å²) in [6.45, 7) is 4.60. The van der Waals surface area contributed by atoms with E-state index >= 15 is 0 Å². The van der Waals surface area contributed by atoms with Gasteiger partial charge in [0.2, 0.25) is 5.91 Å². The molecule has 0 bridgehead atoms. The third-order valence-electron chi connectivity index (χ3n) is 4.28. The monoisotopic (exact) mass is 357 g/mol. The van der Waals surface area contributed by atoms with Crippen molar-refractivity contribution in [2.45, 2.75) is 6.92 Å². The zero-order chi connectivity index (χ0) is 17.8. The Balaban J connectivity index is 1.68. The lowest BCUT2D eigenvalue weighted by Gasteiger charge is -2.35. The highest BCUT2D eigenvalue weighted by molar-refractivity contribution is 6.31. The van der Waals surface area contributed by atoms with Gasteiger partial charge in [-0.25, -0.2) is 0 Å². The van der Waals surface area contributed by atoms with Crippen LogP contribution in [0, 0.1) is 0 Å². The minimum Gasteiger partial charge on any atom is -0.368 e. The van der Waals surface area contributed by atoms with E-state index in [1.54, 1.807) is 31.2 Å². The van der Waals surface area contributed by atoms with Gasteiger partial charge in [-0.05, 0) is 36.4 Å². The van der Waals surface area contributed by atoms with Crippen molar-refractivity contribution < 1.29 is 9.59 Å². The Labute approximate surface area is 152 Å². The van der Waals surface area contributed by atoms with Crippen LogP contribution in [0.3, 0.4) is 0 Å². The predicted molar refractivity (Wildman–Crippen MR) is 100 cm³/mol. The van der Waals surface area contributed by atoms with Crippen molar-refractivity contribution in [2.24, 2.45) is 0 Å². The lowest BCUT2D eigenvalue weighted by atomic mass is 10.2. The minimum atomic E-state index is -0.193. The first kappa shape index (κ1) is 17.3. The molecule has 1 aliphatic heterocycles. The maximum atomic E-state index is 12.3. The van der Waals surface area contributed by atoms with Crippen molar-refractivity contribution in [3.63, 3.8) is 0 Å². The van der Waals surface area contributed by atoms with Gasteiger partial charge in [-0.3, -0.25) is 9.59 Å². The topological polar surface area (TPSA) is 52.7 Å². The molecule has 0 aliphatic carbocycles. The number of anilines is 2. The smallest absolute Gasteiger partial charge is 0.255 e. The quantitative estimate of drug-likeness (QED) is 0.917. The maximum absolute atomic E-state index is 12.3. The lowest BCUT2D eigenvalue weighted by Crippen LogP contribution is -2.48. The zero-order valence-electron chi connectivity index (χ0n) is 14.0. The molecule has 1 saturated heterocycles. The Bertz CT molecular complexity index is 786. The SMILES string of the molecule is CC(=O)N1CCN(c2cccc(NC(=O)c3cccc(Cl)c3)c2)CC1. The molecule has 1 N–H and O–H groups in total. The van der Waals surface area contributed by atoms with Crippen LogP contribution < -0.4 is 10.2 Å². The van der Waals surface area contributed by atoms with Crippen molar-refractivity contribution >= 4 is 34.8 Å². The predicted octanol–water partition coefficient (Wildman–Crippen LogP) is 3.26. The number of piperazine rings is 1. The van der Waals surface area contributed by atoms with Gasteiger partial charge in [0.1, 0.15) is 0 Å². The number of rotatable bonds is 3. The summed E-state index contributed by atoms with van der Waals surface area (Å²) in [6, 6.07) is 14.6. The van der Waals surface area contributed by atoms with E-state index in [-0.39, 0.29) is 11.8 Å². The Morgan fingerprint density at radius 1 is 1.00 bits per heavy atom. The van der Waals surface area contributed by atoms with E-state index in [2.05, 4.69) is 10.2 Å². The van der Waals surface area contributed by atoms with Crippen molar-refractivity contribution in [1.29, 1.82) is 0 Å². The Morgan fingerprint density at radius 2 is 1.72 bits per heavy atom. The molecule has 3 rings (SSSR count). The Hall–Kier alpha value is -2.53. The van der Waals surface area contributed by atoms with Crippen LogP contribution in [0.25, 0.3) is 0 Å². The van der Waals surface area contributed by atoms with Crippen LogP contribution in [-0.2, 0) is 4.79 Å². The van der Waals surface area contributed by atoms with Gasteiger partial charge in [-0.15, -0.1) is 0 Å². The Morgan fingerprint density at radius 3 is 2.40 bits per heavy atom. The molecule has 2 amide bonds. The molecule has 0 saturated carbocycles. The van der Waals surface area contributed by atoms with E-state index in [9.17, 15) is 9.59 Å². The minimum absolute atomic E-state index is 0.113. The lowest BCUT2D eigenvalue weighted by molar-refractivity contribution is -0.129. The van der Waals surface area contributed by atoms with Crippen molar-refractivity contribution in [1.82, 2.24) is 4.90 Å². The van der Waals surface area contributed by atoms with E-state index in [0.717, 1.165) is 24.5 Å². The number of hydrogen-bond acceptors (Lipinski definition) is 3. The van der Waals surface area contributed by atoms with Crippen molar-refractivity contribution in [3.05, 3.63) is 59.1 Å². The van der Waals surface area contributed by atoms with E-state index in [1.165, 1.54) is 0 Å². The molecule has 0 aromatic heterocycles. The molecule has 0 radical (unpaired) electrons. The number of halogens is 1. The fourth-order valence-electron chi connectivity index (χ4n) is 2.89. The normalized spacial score (nSPS) is 14.3. The summed E-state index contributed by atoms with van der Waals surface area (Å²) in [7, 11) is 0. The molecule has 1 fully saturated rings. The third-order valence-corrected chi connectivity index (χ3v) is 4.52. The van der Waals surface area contributed by atoms with Crippen LogP contribution in [-0.4, -0.2) is 42.9 Å². The average Bonchev–Trinajstić information content (AvgIpc) is 2.62. The highest BCUT2D eigenvalue weighted by Crippen LogP contribution is 2.22. The molecule has 6 heteroatoms. The van der Waals surface area contributed by atoms with E-state index in [1.807, 2.05) is 29.2 Å². The van der Waals surface area contributed by atoms with Crippen LogP contribution >= 0.6 is 11.6 Å². The third kappa shape index (κ3) is 4.31. The average molecular weight is 358 g/mol. The summed E-state index contributed by atoms with van der Waals surface area (Å²) in [5.74, 6) is -0.0803. The molecular formula is C19H20ClN3O2. The van der Waals surface area contributed by atoms with Crippen LogP contribution in [0.5, 0.6) is 0 Å². The van der Waals surface area contributed by atoms with Gasteiger partial charge in [0.05, 0.1) is 0 Å². The maximum Gasteiger partial charge on any atom is 0.255 e. The van der Waals surface area contributed by atoms with Gasteiger partial charge in [-0.1, -0.05) is 23.7 Å². The summed E-state index contributed by atoms with van der Waals surface area (Å²) < 4.78 is 0. The highest BCUT2D eigenvalue weighted by Gasteiger charge is 2.19. The molecule has 130 valence electrons. The van der Waals surface area contributed by atoms with Crippen molar-refractivity contribution in [2.75, 3.05) is 36.4 Å². The van der Waals surface area contributed by atoms with Crippen molar-refractivity contribution in [3.8, 4) is 0 Å². The van der Waals surface area contributed by atoms with E-state index in [4.69, 9.17) is 11.6 Å². The van der Waals surface area contributed by atoms with Gasteiger partial charge in [0.25, 0.3) is 5.91 Å². The summed E-state index contributed by atoms with van der Waals surface area (Å²) in [5, 5.41) is 3.44. The van der Waals surface area contributed by atoms with Crippen LogP contribution in [0.1, 0.15) is 17.3 Å². The number of nitrogens with one attached hydrogen (secondary N) is 1. The van der Waals surface area contributed by atoms with Gasteiger partial charge < -0.3 is 15.1 Å². The van der Waals surface area contributed by atoms with Gasteiger partial charge in [0, 0.05) is 55.1 Å². The summed E-state index contributed by atoms with van der Waals surface area (Å²) in [6.07, 6.45) is 0. The largest absolute Gasteiger partial charge is 0.368 e. The van der Waals surface area contributed by atoms with Crippen LogP contribution in [0.4, 0.5) is 11.4 Å². The summed E-state index contributed by atoms with van der Waals surface area (Å²) >= 11 is 5.94. The molecule has 1 aliphatic rings. The van der Waals surface area contributed by atoms with E-state index in [0.29, 0.717) is 23.7 Å². The molecule has 1 heterocycles. The molecular weight excluding hydrogens is 338 g/mol. The fraction of sp³-hybridized carbons (Fsp3) is 0.263. The van der Waals surface area contributed by atoms with Gasteiger partial charge in [-0.2, -0.15) is 0 Å². The van der Waals surface area contributed by atoms with Crippen LogP contribution in [0.15, 0.2) is 48.5 Å². The second kappa shape index (κ2) is 7.57. The molecule has 2 aromatic carbocycles. The zero-order valence-corrected chi connectivity index (χ0v) is 14.8. The number of benzene rings is 2. The number of hydrogen-bond donors (Lipinski definition) is 1. The van der Waals surface area contributed by atoms with Gasteiger partial charge in [0.15, 0.2) is 0 Å². The second-order valence-electron chi connectivity index (χ2n) is 6.01. The number of nitrogens with zero attached hydrogens (tertiary/aromatic N) is 2. The molecule has 0 unspecified atom stereocenters. The standard InChI is InChI=1S/C19H20ClN3O2/c1-14(24)22-8-10-23(11-9-22)18-7-3-6-17(13-18)21-19(25)15-4-2-5-16(20)12-15/h2-7,12-13H,8-11H2,1H3,(H,21,25). The molecule has 2 aromatic rings. The number of amides is 2. The molecule has 0 spiro atoms. The summed E-state index contributed by atoms with van der Waals surface area (Å²) in [5.41, 5.74) is 2.29. The van der Waals surface area contributed by atoms with Gasteiger partial charge >= 0.3 is 0 Å². The molecule has 0 atom stereocenters. The van der Waals surface area contributed by atoms with E-state index < -0.39 is 0 Å². The van der Waals surface area contributed by atoms with Crippen LogP contribution in [0.2, 0.25) is 5.02 Å². The fourth-order valence-corrected chi connectivity index (χ4v) is 3.08. The highest BCUT2D eigenvalue weighted by atomic mass is 35.5. The Kier molecular flexibility index (Phi) is 5.24.